The van der Waals surface area contributed by atoms with Crippen molar-refractivity contribution in [2.75, 3.05) is 11.6 Å². The number of hydrazone groups is 1. The second-order valence-corrected chi connectivity index (χ2v) is 6.69. The van der Waals surface area contributed by atoms with E-state index in [1.54, 1.807) is 18.9 Å². The molecule has 0 amide bonds. The van der Waals surface area contributed by atoms with Crippen molar-refractivity contribution in [3.8, 4) is 0 Å². The van der Waals surface area contributed by atoms with Crippen LogP contribution >= 0.6 is 0 Å². The molecule has 5 heteroatoms. The van der Waals surface area contributed by atoms with Gasteiger partial charge in [-0.15, -0.1) is 0 Å². The molecule has 27 heavy (non-hydrogen) atoms. The minimum absolute atomic E-state index is 0.0415. The zero-order valence-corrected chi connectivity index (χ0v) is 15.7. The first-order valence-corrected chi connectivity index (χ1v) is 9.21. The number of para-hydroxylation sites is 1. The van der Waals surface area contributed by atoms with Gasteiger partial charge in [0, 0.05) is 12.8 Å². The summed E-state index contributed by atoms with van der Waals surface area (Å²) in [7, 11) is 0. The Morgan fingerprint density at radius 2 is 1.70 bits per heavy atom. The summed E-state index contributed by atoms with van der Waals surface area (Å²) < 4.78 is 5.43. The van der Waals surface area contributed by atoms with Crippen molar-refractivity contribution in [1.29, 1.82) is 0 Å². The SMILES string of the molecule is CCOC(=O)C1(CCC(C)=O)CC(c2ccccc2)=NN1c1ccccc1. The van der Waals surface area contributed by atoms with Gasteiger partial charge in [0.2, 0.25) is 0 Å². The molecular formula is C22H24N2O3. The highest BCUT2D eigenvalue weighted by atomic mass is 16.5. The van der Waals surface area contributed by atoms with Gasteiger partial charge in [0.15, 0.2) is 5.54 Å². The lowest BCUT2D eigenvalue weighted by Gasteiger charge is -2.35. The molecule has 1 unspecified atom stereocenters. The van der Waals surface area contributed by atoms with Crippen LogP contribution in [0, 0.1) is 0 Å². The van der Waals surface area contributed by atoms with E-state index >= 15 is 0 Å². The zero-order chi connectivity index (χ0) is 19.3. The van der Waals surface area contributed by atoms with E-state index in [0.29, 0.717) is 19.3 Å². The van der Waals surface area contributed by atoms with Crippen molar-refractivity contribution >= 4 is 23.2 Å². The third-order valence-corrected chi connectivity index (χ3v) is 4.74. The fraction of sp³-hybridized carbons (Fsp3) is 0.318. The zero-order valence-electron chi connectivity index (χ0n) is 15.7. The number of hydrogen-bond donors (Lipinski definition) is 0. The van der Waals surface area contributed by atoms with E-state index in [-0.39, 0.29) is 18.4 Å². The first kappa shape index (κ1) is 18.8. The van der Waals surface area contributed by atoms with E-state index in [1.807, 2.05) is 60.7 Å². The van der Waals surface area contributed by atoms with Gasteiger partial charge >= 0.3 is 5.97 Å². The number of hydrogen-bond acceptors (Lipinski definition) is 5. The summed E-state index contributed by atoms with van der Waals surface area (Å²) in [5, 5.41) is 6.55. The molecule has 2 aromatic rings. The van der Waals surface area contributed by atoms with Crippen molar-refractivity contribution in [2.24, 2.45) is 5.10 Å². The molecule has 0 aliphatic carbocycles. The first-order valence-electron chi connectivity index (χ1n) is 9.21. The van der Waals surface area contributed by atoms with Gasteiger partial charge in [-0.3, -0.25) is 0 Å². The molecule has 3 rings (SSSR count). The van der Waals surface area contributed by atoms with Crippen LogP contribution in [0.15, 0.2) is 65.8 Å². The summed E-state index contributed by atoms with van der Waals surface area (Å²) in [6.45, 7) is 3.61. The fourth-order valence-corrected chi connectivity index (χ4v) is 3.37. The Kier molecular flexibility index (Phi) is 5.69. The minimum Gasteiger partial charge on any atom is -0.464 e. The smallest absolute Gasteiger partial charge is 0.334 e. The van der Waals surface area contributed by atoms with Crippen LogP contribution in [-0.2, 0) is 14.3 Å². The summed E-state index contributed by atoms with van der Waals surface area (Å²) in [6, 6.07) is 19.4. The van der Waals surface area contributed by atoms with Gasteiger partial charge in [0.05, 0.1) is 18.0 Å². The average molecular weight is 364 g/mol. The summed E-state index contributed by atoms with van der Waals surface area (Å²) in [5.41, 5.74) is 1.57. The van der Waals surface area contributed by atoms with E-state index in [0.717, 1.165) is 17.0 Å². The Balaban J connectivity index is 2.08. The highest BCUT2D eigenvalue weighted by molar-refractivity contribution is 6.08. The number of esters is 1. The molecule has 0 spiro atoms. The molecule has 1 aliphatic heterocycles. The van der Waals surface area contributed by atoms with E-state index in [4.69, 9.17) is 9.84 Å². The second-order valence-electron chi connectivity index (χ2n) is 6.69. The molecule has 1 atom stereocenters. The second kappa shape index (κ2) is 8.16. The summed E-state index contributed by atoms with van der Waals surface area (Å²) in [6.07, 6.45) is 1.05. The van der Waals surface area contributed by atoms with Crippen LogP contribution in [0.3, 0.4) is 0 Å². The first-order chi connectivity index (χ1) is 13.1. The van der Waals surface area contributed by atoms with Crippen LogP contribution in [0.1, 0.15) is 38.7 Å². The summed E-state index contributed by atoms with van der Waals surface area (Å²) in [5.74, 6) is -0.301. The monoisotopic (exact) mass is 364 g/mol. The molecule has 0 bridgehead atoms. The Bertz CT molecular complexity index is 833. The Hall–Kier alpha value is -2.95. The number of carbonyl (C=O) groups is 2. The van der Waals surface area contributed by atoms with Crippen LogP contribution in [0.5, 0.6) is 0 Å². The van der Waals surface area contributed by atoms with Crippen LogP contribution in [0.2, 0.25) is 0 Å². The van der Waals surface area contributed by atoms with E-state index in [2.05, 4.69) is 0 Å². The molecule has 1 heterocycles. The van der Waals surface area contributed by atoms with Gasteiger partial charge < -0.3 is 9.53 Å². The number of nitrogens with zero attached hydrogens (tertiary/aromatic N) is 2. The normalized spacial score (nSPS) is 18.9. The quantitative estimate of drug-likeness (QED) is 0.698. The number of rotatable bonds is 7. The molecule has 140 valence electrons. The molecule has 0 radical (unpaired) electrons. The van der Waals surface area contributed by atoms with Gasteiger partial charge in [-0.2, -0.15) is 5.10 Å². The molecule has 5 nitrogen and oxygen atoms in total. The number of carbonyl (C=O) groups excluding carboxylic acids is 2. The van der Waals surface area contributed by atoms with Crippen LogP contribution in [-0.4, -0.2) is 29.6 Å². The lowest BCUT2D eigenvalue weighted by atomic mass is 9.85. The summed E-state index contributed by atoms with van der Waals surface area (Å²) >= 11 is 0. The van der Waals surface area contributed by atoms with Gasteiger partial charge in [-0.05, 0) is 38.0 Å². The molecule has 0 fully saturated rings. The topological polar surface area (TPSA) is 59.0 Å². The lowest BCUT2D eigenvalue weighted by Crippen LogP contribution is -2.51. The van der Waals surface area contributed by atoms with Crippen molar-refractivity contribution in [3.05, 3.63) is 66.2 Å². The third-order valence-electron chi connectivity index (χ3n) is 4.74. The van der Waals surface area contributed by atoms with Crippen molar-refractivity contribution < 1.29 is 14.3 Å². The predicted octanol–water partition coefficient (Wildman–Crippen LogP) is 3.97. The van der Waals surface area contributed by atoms with E-state index in [9.17, 15) is 9.59 Å². The molecule has 0 aromatic heterocycles. The number of anilines is 1. The molecule has 2 aromatic carbocycles. The largest absolute Gasteiger partial charge is 0.464 e. The predicted molar refractivity (Wildman–Crippen MR) is 106 cm³/mol. The fourth-order valence-electron chi connectivity index (χ4n) is 3.37. The van der Waals surface area contributed by atoms with Crippen LogP contribution in [0.25, 0.3) is 0 Å². The number of benzene rings is 2. The van der Waals surface area contributed by atoms with Gasteiger partial charge in [-0.1, -0.05) is 48.5 Å². The maximum absolute atomic E-state index is 13.1. The molecule has 0 saturated carbocycles. The molecule has 1 aliphatic rings. The van der Waals surface area contributed by atoms with E-state index in [1.165, 1.54) is 0 Å². The maximum Gasteiger partial charge on any atom is 0.334 e. The highest BCUT2D eigenvalue weighted by Crippen LogP contribution is 2.39. The number of Topliss-reactive ketones (excluding diaryl/α,β-unsaturated/α-hetero) is 1. The molecule has 0 N–H and O–H groups in total. The van der Waals surface area contributed by atoms with Gasteiger partial charge in [0.1, 0.15) is 5.78 Å². The van der Waals surface area contributed by atoms with Crippen molar-refractivity contribution in [1.82, 2.24) is 0 Å². The summed E-state index contributed by atoms with van der Waals surface area (Å²) in [4.78, 5) is 24.8. The van der Waals surface area contributed by atoms with E-state index < -0.39 is 5.54 Å². The van der Waals surface area contributed by atoms with Gasteiger partial charge in [0.25, 0.3) is 0 Å². The van der Waals surface area contributed by atoms with Crippen molar-refractivity contribution in [3.63, 3.8) is 0 Å². The minimum atomic E-state index is -1.02. The molecular weight excluding hydrogens is 340 g/mol. The average Bonchev–Trinajstić information content (AvgIpc) is 3.09. The Morgan fingerprint density at radius 3 is 2.30 bits per heavy atom. The third kappa shape index (κ3) is 3.92. The van der Waals surface area contributed by atoms with Crippen LogP contribution in [0.4, 0.5) is 5.69 Å². The standard InChI is InChI=1S/C22H24N2O3/c1-3-27-21(26)22(15-14-17(2)25)16-20(18-10-6-4-7-11-18)23-24(22)19-12-8-5-9-13-19/h4-13H,3,14-16H2,1-2H3. The lowest BCUT2D eigenvalue weighted by molar-refractivity contribution is -0.149. The number of ketones is 1. The Labute approximate surface area is 159 Å². The maximum atomic E-state index is 13.1. The van der Waals surface area contributed by atoms with Crippen molar-refractivity contribution in [2.45, 2.75) is 38.6 Å². The number of ether oxygens (including phenoxy) is 1. The highest BCUT2D eigenvalue weighted by Gasteiger charge is 2.51. The van der Waals surface area contributed by atoms with Gasteiger partial charge in [-0.25, -0.2) is 9.80 Å². The Morgan fingerprint density at radius 1 is 1.07 bits per heavy atom. The molecule has 0 saturated heterocycles. The van der Waals surface area contributed by atoms with Crippen LogP contribution < -0.4 is 5.01 Å².